The number of aliphatic hydroxyl groups excluding tert-OH is 1. The molecule has 0 amide bonds. The molecule has 3 rings (SSSR count). The largest absolute Gasteiger partial charge is 0.395 e. The first-order chi connectivity index (χ1) is 10.8. The lowest BCUT2D eigenvalue weighted by Gasteiger charge is -2.06. The summed E-state index contributed by atoms with van der Waals surface area (Å²) >= 11 is 0. The lowest BCUT2D eigenvalue weighted by atomic mass is 10.2. The van der Waals surface area contributed by atoms with Crippen LogP contribution in [-0.4, -0.2) is 33.2 Å². The van der Waals surface area contributed by atoms with E-state index >= 15 is 0 Å². The zero-order valence-corrected chi connectivity index (χ0v) is 12.4. The van der Waals surface area contributed by atoms with Crippen molar-refractivity contribution in [2.45, 2.75) is 6.54 Å². The van der Waals surface area contributed by atoms with Crippen molar-refractivity contribution < 1.29 is 9.67 Å². The molecule has 0 saturated heterocycles. The van der Waals surface area contributed by atoms with Crippen molar-refractivity contribution in [2.24, 2.45) is 7.05 Å². The Hall–Kier alpha value is -2.67. The topological polar surface area (TPSA) is 89.7 Å². The minimum atomic E-state index is 0.0352. The zero-order valence-electron chi connectivity index (χ0n) is 12.4. The second-order valence-corrected chi connectivity index (χ2v) is 4.97. The van der Waals surface area contributed by atoms with Gasteiger partial charge in [-0.15, -0.1) is 0 Å². The molecule has 1 aromatic carbocycles. The van der Waals surface area contributed by atoms with Crippen LogP contribution in [0.15, 0.2) is 36.7 Å². The summed E-state index contributed by atoms with van der Waals surface area (Å²) in [6.45, 7) is 1.13. The van der Waals surface area contributed by atoms with Crippen LogP contribution in [0, 0.1) is 0 Å². The van der Waals surface area contributed by atoms with Gasteiger partial charge in [0.15, 0.2) is 12.1 Å². The molecule has 22 heavy (non-hydrogen) atoms. The van der Waals surface area contributed by atoms with Crippen molar-refractivity contribution in [3.8, 4) is 0 Å². The monoisotopic (exact) mass is 299 g/mol. The number of benzene rings is 1. The molecule has 7 nitrogen and oxygen atoms in total. The molecule has 0 aliphatic rings. The average Bonchev–Trinajstić information content (AvgIpc) is 2.93. The number of nitrogens with zero attached hydrogens (tertiary/aromatic N) is 3. The van der Waals surface area contributed by atoms with E-state index in [0.29, 0.717) is 19.0 Å². The molecule has 114 valence electrons. The Morgan fingerprint density at radius 2 is 2.00 bits per heavy atom. The molecule has 3 aromatic rings. The van der Waals surface area contributed by atoms with Gasteiger partial charge >= 0.3 is 11.6 Å². The van der Waals surface area contributed by atoms with Gasteiger partial charge in [0.25, 0.3) is 0 Å². The maximum Gasteiger partial charge on any atom is 0.309 e. The Morgan fingerprint density at radius 3 is 2.77 bits per heavy atom. The van der Waals surface area contributed by atoms with Gasteiger partial charge in [0.1, 0.15) is 0 Å². The average molecular weight is 299 g/mol. The van der Waals surface area contributed by atoms with Crippen LogP contribution in [-0.2, 0) is 13.6 Å². The normalized spacial score (nSPS) is 10.8. The summed E-state index contributed by atoms with van der Waals surface area (Å²) in [6.07, 6.45) is 1.84. The fourth-order valence-corrected chi connectivity index (χ4v) is 2.22. The molecule has 2 aromatic heterocycles. The van der Waals surface area contributed by atoms with E-state index in [2.05, 4.69) is 37.7 Å². The number of hydrogen-bond acceptors (Lipinski definition) is 5. The third kappa shape index (κ3) is 2.99. The number of rotatable bonds is 6. The van der Waals surface area contributed by atoms with E-state index in [1.165, 1.54) is 5.56 Å². The zero-order chi connectivity index (χ0) is 15.4. The molecule has 0 radical (unpaired) electrons. The molecule has 0 unspecified atom stereocenters. The predicted octanol–water partition coefficient (Wildman–Crippen LogP) is 0.799. The second-order valence-electron chi connectivity index (χ2n) is 4.97. The summed E-state index contributed by atoms with van der Waals surface area (Å²) in [7, 11) is 1.92. The summed E-state index contributed by atoms with van der Waals surface area (Å²) in [5.41, 5.74) is 2.83. The maximum atomic E-state index is 8.93. The minimum absolute atomic E-state index is 0.0352. The Kier molecular flexibility index (Phi) is 4.15. The number of aryl methyl sites for hydroxylation is 1. The van der Waals surface area contributed by atoms with E-state index in [4.69, 9.17) is 5.11 Å². The molecule has 0 saturated carbocycles. The number of hydrogen-bond donors (Lipinski definition) is 4. The van der Waals surface area contributed by atoms with E-state index in [9.17, 15) is 0 Å². The molecule has 4 N–H and O–H groups in total. The van der Waals surface area contributed by atoms with Crippen molar-refractivity contribution in [3.63, 3.8) is 0 Å². The highest BCUT2D eigenvalue weighted by atomic mass is 16.3. The molecule has 0 atom stereocenters. The van der Waals surface area contributed by atoms with Crippen LogP contribution in [0.2, 0.25) is 0 Å². The Morgan fingerprint density at radius 1 is 1.18 bits per heavy atom. The predicted molar refractivity (Wildman–Crippen MR) is 84.4 cm³/mol. The first-order valence-electron chi connectivity index (χ1n) is 7.15. The van der Waals surface area contributed by atoms with Gasteiger partial charge in [-0.2, -0.15) is 4.98 Å². The Bertz CT molecular complexity index is 755. The van der Waals surface area contributed by atoms with Gasteiger partial charge in [-0.25, -0.2) is 4.57 Å². The molecular formula is C15H19N6O+. The first-order valence-corrected chi connectivity index (χ1v) is 7.15. The number of imidazole rings is 1. The van der Waals surface area contributed by atoms with E-state index < -0.39 is 0 Å². The summed E-state index contributed by atoms with van der Waals surface area (Å²) in [5, 5.41) is 15.3. The molecule has 0 bridgehead atoms. The van der Waals surface area contributed by atoms with Crippen LogP contribution >= 0.6 is 0 Å². The highest BCUT2D eigenvalue weighted by Crippen LogP contribution is 2.18. The number of nitrogens with one attached hydrogen (secondary N) is 3. The van der Waals surface area contributed by atoms with E-state index in [1.54, 1.807) is 0 Å². The SMILES string of the molecule is C[n+]1c[nH]c2c(NCc3ccccc3)nc(NCCO)nc21. The number of fused-ring (bicyclic) bond motifs is 1. The number of H-pyrrole nitrogens is 1. The standard InChI is InChI=1S/C15H18N6O/c1-21-10-18-12-13(17-9-11-5-3-2-4-6-11)19-15(16-7-8-22)20-14(12)21/h2-6,10,22H,7-9H2,1H3,(H2,16,17,19,20)/p+1. The highest BCUT2D eigenvalue weighted by Gasteiger charge is 2.17. The van der Waals surface area contributed by atoms with Crippen molar-refractivity contribution >= 4 is 22.9 Å². The fraction of sp³-hybridized carbons (Fsp3) is 0.267. The molecule has 7 heteroatoms. The highest BCUT2D eigenvalue weighted by molar-refractivity contribution is 5.81. The van der Waals surface area contributed by atoms with Crippen LogP contribution in [0.3, 0.4) is 0 Å². The lowest BCUT2D eigenvalue weighted by Crippen LogP contribution is -2.26. The molecule has 0 aliphatic heterocycles. The summed E-state index contributed by atoms with van der Waals surface area (Å²) in [6, 6.07) is 10.1. The van der Waals surface area contributed by atoms with Gasteiger partial charge in [-0.3, -0.25) is 4.98 Å². The summed E-state index contributed by atoms with van der Waals surface area (Å²) in [5.74, 6) is 1.22. The second kappa shape index (κ2) is 6.40. The van der Waals surface area contributed by atoms with Gasteiger partial charge in [0.05, 0.1) is 13.7 Å². The third-order valence-electron chi connectivity index (χ3n) is 3.32. The first kappa shape index (κ1) is 14.3. The van der Waals surface area contributed by atoms with Crippen LogP contribution in [0.5, 0.6) is 0 Å². The van der Waals surface area contributed by atoms with E-state index in [1.807, 2.05) is 36.1 Å². The third-order valence-corrected chi connectivity index (χ3v) is 3.32. The maximum absolute atomic E-state index is 8.93. The number of aliphatic hydroxyl groups is 1. The minimum Gasteiger partial charge on any atom is -0.395 e. The number of anilines is 2. The Labute approximate surface area is 128 Å². The number of aromatic amines is 1. The molecular weight excluding hydrogens is 280 g/mol. The van der Waals surface area contributed by atoms with Crippen LogP contribution in [0.25, 0.3) is 11.2 Å². The fourth-order valence-electron chi connectivity index (χ4n) is 2.22. The van der Waals surface area contributed by atoms with Crippen molar-refractivity contribution in [1.82, 2.24) is 15.0 Å². The quantitative estimate of drug-likeness (QED) is 0.506. The summed E-state index contributed by atoms with van der Waals surface area (Å²) < 4.78 is 1.90. The van der Waals surface area contributed by atoms with Gasteiger partial charge in [-0.1, -0.05) is 35.3 Å². The molecule has 0 aliphatic carbocycles. The van der Waals surface area contributed by atoms with Crippen LogP contribution in [0.4, 0.5) is 11.8 Å². The van der Waals surface area contributed by atoms with E-state index in [-0.39, 0.29) is 6.61 Å². The summed E-state index contributed by atoms with van der Waals surface area (Å²) in [4.78, 5) is 12.1. The van der Waals surface area contributed by atoms with E-state index in [0.717, 1.165) is 17.0 Å². The van der Waals surface area contributed by atoms with Crippen LogP contribution < -0.4 is 15.2 Å². The molecule has 0 spiro atoms. The van der Waals surface area contributed by atoms with Gasteiger partial charge in [0, 0.05) is 13.1 Å². The van der Waals surface area contributed by atoms with Gasteiger partial charge in [-0.05, 0) is 5.56 Å². The lowest BCUT2D eigenvalue weighted by molar-refractivity contribution is -0.646. The smallest absolute Gasteiger partial charge is 0.309 e. The van der Waals surface area contributed by atoms with Crippen molar-refractivity contribution in [1.29, 1.82) is 0 Å². The van der Waals surface area contributed by atoms with Gasteiger partial charge in [0.2, 0.25) is 5.52 Å². The van der Waals surface area contributed by atoms with Gasteiger partial charge < -0.3 is 15.7 Å². The molecule has 0 fully saturated rings. The number of aromatic nitrogens is 4. The molecule has 2 heterocycles. The van der Waals surface area contributed by atoms with Crippen molar-refractivity contribution in [3.05, 3.63) is 42.2 Å². The Balaban J connectivity index is 1.89. The van der Waals surface area contributed by atoms with Crippen molar-refractivity contribution in [2.75, 3.05) is 23.8 Å². The van der Waals surface area contributed by atoms with Crippen LogP contribution in [0.1, 0.15) is 5.56 Å².